The summed E-state index contributed by atoms with van der Waals surface area (Å²) in [5.41, 5.74) is 4.86. The second-order valence-corrected chi connectivity index (χ2v) is 3.32. The van der Waals surface area contributed by atoms with Gasteiger partial charge in [-0.2, -0.15) is 0 Å². The zero-order valence-corrected chi connectivity index (χ0v) is 7.10. The summed E-state index contributed by atoms with van der Waals surface area (Å²) >= 11 is 1.25. The molecule has 0 aromatic carbocycles. The smallest absolute Gasteiger partial charge is 0.239 e. The number of carbonyl (C=O) groups excluding carboxylic acids is 3. The lowest BCUT2D eigenvalue weighted by Crippen LogP contribution is -2.47. The molecule has 6 heteroatoms. The van der Waals surface area contributed by atoms with Crippen LogP contribution in [-0.2, 0) is 14.4 Å². The van der Waals surface area contributed by atoms with Crippen molar-refractivity contribution in [3.63, 3.8) is 0 Å². The van der Waals surface area contributed by atoms with E-state index in [1.54, 1.807) is 0 Å². The molecule has 1 aliphatic rings. The molecule has 12 heavy (non-hydrogen) atoms. The number of imide groups is 1. The van der Waals surface area contributed by atoms with Gasteiger partial charge in [0.1, 0.15) is 6.54 Å². The van der Waals surface area contributed by atoms with E-state index in [4.69, 9.17) is 5.73 Å². The van der Waals surface area contributed by atoms with Gasteiger partial charge in [-0.05, 0) is 0 Å². The van der Waals surface area contributed by atoms with Crippen LogP contribution < -0.4 is 5.73 Å². The van der Waals surface area contributed by atoms with E-state index in [2.05, 4.69) is 0 Å². The standard InChI is InChI=1S/C6H8N2O3S/c7-4(9)1-8-5(10)2-12-3-6(8)11/h1-3H2,(H2,7,9). The maximum Gasteiger partial charge on any atom is 0.239 e. The lowest BCUT2D eigenvalue weighted by atomic mass is 10.4. The Kier molecular flexibility index (Phi) is 2.69. The summed E-state index contributed by atoms with van der Waals surface area (Å²) in [5, 5.41) is 0. The van der Waals surface area contributed by atoms with Gasteiger partial charge < -0.3 is 5.73 Å². The molecule has 2 N–H and O–H groups in total. The fourth-order valence-electron chi connectivity index (χ4n) is 0.853. The molecule has 0 radical (unpaired) electrons. The minimum atomic E-state index is -0.663. The number of nitrogens with two attached hydrogens (primary N) is 1. The molecule has 0 aromatic rings. The number of amides is 3. The summed E-state index contributed by atoms with van der Waals surface area (Å²) in [7, 11) is 0. The van der Waals surface area contributed by atoms with E-state index in [1.807, 2.05) is 0 Å². The summed E-state index contributed by atoms with van der Waals surface area (Å²) in [4.78, 5) is 33.4. The first-order valence-corrected chi connectivity index (χ1v) is 4.46. The summed E-state index contributed by atoms with van der Waals surface area (Å²) in [6, 6.07) is 0. The van der Waals surface area contributed by atoms with Crippen LogP contribution in [0.5, 0.6) is 0 Å². The lowest BCUT2D eigenvalue weighted by molar-refractivity contribution is -0.145. The second kappa shape index (κ2) is 3.57. The monoisotopic (exact) mass is 188 g/mol. The first-order chi connectivity index (χ1) is 5.61. The van der Waals surface area contributed by atoms with Crippen molar-refractivity contribution in [3.05, 3.63) is 0 Å². The van der Waals surface area contributed by atoms with Crippen molar-refractivity contribution in [2.75, 3.05) is 18.1 Å². The Hall–Kier alpha value is -1.04. The normalized spacial score (nSPS) is 18.2. The molecule has 0 aromatic heterocycles. The number of hydrogen-bond acceptors (Lipinski definition) is 4. The van der Waals surface area contributed by atoms with Crippen molar-refractivity contribution in [2.24, 2.45) is 5.73 Å². The maximum absolute atomic E-state index is 11.0. The van der Waals surface area contributed by atoms with Gasteiger partial charge in [0.05, 0.1) is 11.5 Å². The van der Waals surface area contributed by atoms with Gasteiger partial charge in [0.25, 0.3) is 0 Å². The Morgan fingerprint density at radius 2 is 1.92 bits per heavy atom. The van der Waals surface area contributed by atoms with Crippen LogP contribution in [0.1, 0.15) is 0 Å². The molecule has 0 unspecified atom stereocenters. The van der Waals surface area contributed by atoms with E-state index in [1.165, 1.54) is 11.8 Å². The van der Waals surface area contributed by atoms with Crippen LogP contribution in [0, 0.1) is 0 Å². The highest BCUT2D eigenvalue weighted by molar-refractivity contribution is 8.00. The molecule has 1 fully saturated rings. The number of rotatable bonds is 2. The highest BCUT2D eigenvalue weighted by atomic mass is 32.2. The molecule has 66 valence electrons. The van der Waals surface area contributed by atoms with Gasteiger partial charge in [-0.1, -0.05) is 0 Å². The predicted molar refractivity (Wildman–Crippen MR) is 43.2 cm³/mol. The number of thioether (sulfide) groups is 1. The zero-order valence-electron chi connectivity index (χ0n) is 6.28. The van der Waals surface area contributed by atoms with E-state index < -0.39 is 5.91 Å². The predicted octanol–water partition coefficient (Wildman–Crippen LogP) is -1.43. The molecule has 1 aliphatic heterocycles. The largest absolute Gasteiger partial charge is 0.368 e. The van der Waals surface area contributed by atoms with Gasteiger partial charge in [0.15, 0.2) is 0 Å². The van der Waals surface area contributed by atoms with Crippen molar-refractivity contribution >= 4 is 29.5 Å². The first kappa shape index (κ1) is 9.05. The summed E-state index contributed by atoms with van der Waals surface area (Å²) in [6.07, 6.45) is 0. The molecule has 1 rings (SSSR count). The maximum atomic E-state index is 11.0. The molecular formula is C6H8N2O3S. The van der Waals surface area contributed by atoms with Crippen molar-refractivity contribution in [1.82, 2.24) is 4.90 Å². The summed E-state index contributed by atoms with van der Waals surface area (Å²) in [5.74, 6) is -0.841. The van der Waals surface area contributed by atoms with E-state index in [9.17, 15) is 14.4 Å². The minimum Gasteiger partial charge on any atom is -0.368 e. The van der Waals surface area contributed by atoms with Crippen LogP contribution in [0.4, 0.5) is 0 Å². The number of hydrogen-bond donors (Lipinski definition) is 1. The van der Waals surface area contributed by atoms with Gasteiger partial charge in [-0.3, -0.25) is 19.3 Å². The molecule has 0 bridgehead atoms. The Balaban J connectivity index is 2.63. The Morgan fingerprint density at radius 1 is 1.42 bits per heavy atom. The zero-order chi connectivity index (χ0) is 9.14. The van der Waals surface area contributed by atoms with E-state index >= 15 is 0 Å². The molecule has 1 heterocycles. The lowest BCUT2D eigenvalue weighted by Gasteiger charge is -2.22. The second-order valence-electron chi connectivity index (χ2n) is 2.33. The molecule has 5 nitrogen and oxygen atoms in total. The molecule has 3 amide bonds. The Labute approximate surface area is 73.3 Å². The van der Waals surface area contributed by atoms with Crippen molar-refractivity contribution in [1.29, 1.82) is 0 Å². The van der Waals surface area contributed by atoms with Gasteiger partial charge in [-0.15, -0.1) is 11.8 Å². The molecule has 0 saturated carbocycles. The van der Waals surface area contributed by atoms with Crippen LogP contribution in [0.15, 0.2) is 0 Å². The Bertz CT molecular complexity index is 225. The molecule has 0 atom stereocenters. The number of nitrogens with zero attached hydrogens (tertiary/aromatic N) is 1. The van der Waals surface area contributed by atoms with Crippen molar-refractivity contribution < 1.29 is 14.4 Å². The highest BCUT2D eigenvalue weighted by Crippen LogP contribution is 2.11. The van der Waals surface area contributed by atoms with Gasteiger partial charge >= 0.3 is 0 Å². The summed E-state index contributed by atoms with van der Waals surface area (Å²) in [6.45, 7) is -0.293. The fourth-order valence-corrected chi connectivity index (χ4v) is 1.62. The number of primary amides is 1. The van der Waals surface area contributed by atoms with Crippen LogP contribution in [-0.4, -0.2) is 40.7 Å². The topological polar surface area (TPSA) is 80.5 Å². The molecular weight excluding hydrogens is 180 g/mol. The van der Waals surface area contributed by atoms with E-state index in [-0.39, 0.29) is 29.9 Å². The van der Waals surface area contributed by atoms with E-state index in [0.717, 1.165) is 4.90 Å². The van der Waals surface area contributed by atoms with Crippen LogP contribution >= 0.6 is 11.8 Å². The SMILES string of the molecule is NC(=O)CN1C(=O)CSCC1=O. The van der Waals surface area contributed by atoms with Crippen molar-refractivity contribution in [2.45, 2.75) is 0 Å². The third kappa shape index (κ3) is 1.97. The average molecular weight is 188 g/mol. The van der Waals surface area contributed by atoms with Crippen LogP contribution in [0.25, 0.3) is 0 Å². The minimum absolute atomic E-state index is 0.249. The van der Waals surface area contributed by atoms with Gasteiger partial charge in [0.2, 0.25) is 17.7 Å². The fraction of sp³-hybridized carbons (Fsp3) is 0.500. The van der Waals surface area contributed by atoms with E-state index in [0.29, 0.717) is 0 Å². The van der Waals surface area contributed by atoms with Gasteiger partial charge in [0, 0.05) is 0 Å². The quantitative estimate of drug-likeness (QED) is 0.539. The first-order valence-electron chi connectivity index (χ1n) is 3.30. The third-order valence-corrected chi connectivity index (χ3v) is 2.27. The van der Waals surface area contributed by atoms with Crippen molar-refractivity contribution in [3.8, 4) is 0 Å². The van der Waals surface area contributed by atoms with Gasteiger partial charge in [-0.25, -0.2) is 0 Å². The van der Waals surface area contributed by atoms with Crippen LogP contribution in [0.2, 0.25) is 0 Å². The number of carbonyl (C=O) groups is 3. The molecule has 0 aliphatic carbocycles. The summed E-state index contributed by atoms with van der Waals surface area (Å²) < 4.78 is 0. The highest BCUT2D eigenvalue weighted by Gasteiger charge is 2.27. The third-order valence-electron chi connectivity index (χ3n) is 1.37. The van der Waals surface area contributed by atoms with Crippen LogP contribution in [0.3, 0.4) is 0 Å². The Morgan fingerprint density at radius 3 is 2.33 bits per heavy atom. The molecule has 0 spiro atoms. The molecule has 1 saturated heterocycles. The average Bonchev–Trinajstić information content (AvgIpc) is 1.97.